The fourth-order valence-electron chi connectivity index (χ4n) is 2.26. The van der Waals surface area contributed by atoms with Crippen LogP contribution in [0, 0.1) is 5.92 Å². The normalized spacial score (nSPS) is 35.9. The smallest absolute Gasteiger partial charge is 0.0441 e. The molecule has 1 rings (SSSR count). The molecular formula is C12H26N2OS. The van der Waals surface area contributed by atoms with Crippen molar-refractivity contribution >= 4 is 10.8 Å². The molecule has 1 heterocycles. The summed E-state index contributed by atoms with van der Waals surface area (Å²) < 4.78 is 11.3. The predicted molar refractivity (Wildman–Crippen MR) is 71.2 cm³/mol. The highest BCUT2D eigenvalue weighted by molar-refractivity contribution is 7.84. The van der Waals surface area contributed by atoms with Crippen LogP contribution in [0.3, 0.4) is 0 Å². The van der Waals surface area contributed by atoms with Gasteiger partial charge in [-0.3, -0.25) is 4.21 Å². The van der Waals surface area contributed by atoms with Crippen LogP contribution in [0.5, 0.6) is 0 Å². The van der Waals surface area contributed by atoms with Gasteiger partial charge < -0.3 is 10.2 Å². The third kappa shape index (κ3) is 3.82. The Morgan fingerprint density at radius 2 is 2.12 bits per heavy atom. The molecule has 1 N–H and O–H groups in total. The molecule has 1 saturated heterocycles. The number of rotatable bonds is 4. The van der Waals surface area contributed by atoms with Gasteiger partial charge in [-0.25, -0.2) is 0 Å². The first-order chi connectivity index (χ1) is 7.41. The van der Waals surface area contributed by atoms with Crippen molar-refractivity contribution in [2.24, 2.45) is 5.92 Å². The van der Waals surface area contributed by atoms with Crippen molar-refractivity contribution in [1.29, 1.82) is 0 Å². The average molecular weight is 246 g/mol. The van der Waals surface area contributed by atoms with Crippen molar-refractivity contribution in [3.63, 3.8) is 0 Å². The lowest BCUT2D eigenvalue weighted by Crippen LogP contribution is -2.52. The maximum atomic E-state index is 11.3. The second kappa shape index (κ2) is 6.12. The summed E-state index contributed by atoms with van der Waals surface area (Å²) in [5, 5.41) is 3.84. The van der Waals surface area contributed by atoms with Gasteiger partial charge in [0.15, 0.2) is 0 Å². The van der Waals surface area contributed by atoms with E-state index in [-0.39, 0.29) is 5.25 Å². The van der Waals surface area contributed by atoms with Gasteiger partial charge in [0.05, 0.1) is 0 Å². The first-order valence-corrected chi connectivity index (χ1v) is 7.79. The van der Waals surface area contributed by atoms with E-state index < -0.39 is 10.8 Å². The summed E-state index contributed by atoms with van der Waals surface area (Å²) >= 11 is 0. The van der Waals surface area contributed by atoms with Crippen LogP contribution < -0.4 is 5.32 Å². The second-order valence-electron chi connectivity index (χ2n) is 5.33. The molecule has 0 radical (unpaired) electrons. The number of nitrogens with zero attached hydrogens (tertiary/aromatic N) is 1. The summed E-state index contributed by atoms with van der Waals surface area (Å²) in [4.78, 5) is 2.42. The molecule has 0 amide bonds. The van der Waals surface area contributed by atoms with E-state index in [2.05, 4.69) is 31.1 Å². The molecule has 1 aliphatic rings. The minimum atomic E-state index is -0.715. The first kappa shape index (κ1) is 14.1. The quantitative estimate of drug-likeness (QED) is 0.805. The summed E-state index contributed by atoms with van der Waals surface area (Å²) in [6.45, 7) is 8.65. The average Bonchev–Trinajstić information content (AvgIpc) is 2.20. The van der Waals surface area contributed by atoms with E-state index in [1.54, 1.807) is 6.26 Å². The summed E-state index contributed by atoms with van der Waals surface area (Å²) in [6.07, 6.45) is 2.98. The van der Waals surface area contributed by atoms with E-state index in [9.17, 15) is 4.21 Å². The molecule has 5 unspecified atom stereocenters. The Hall–Kier alpha value is 0.0700. The Morgan fingerprint density at radius 3 is 2.69 bits per heavy atom. The van der Waals surface area contributed by atoms with Gasteiger partial charge in [-0.2, -0.15) is 0 Å². The zero-order valence-electron chi connectivity index (χ0n) is 11.2. The van der Waals surface area contributed by atoms with Crippen LogP contribution in [-0.4, -0.2) is 52.8 Å². The van der Waals surface area contributed by atoms with Gasteiger partial charge in [-0.15, -0.1) is 0 Å². The third-order valence-electron chi connectivity index (χ3n) is 3.84. The van der Waals surface area contributed by atoms with Gasteiger partial charge in [0.1, 0.15) is 0 Å². The first-order valence-electron chi connectivity index (χ1n) is 6.17. The molecule has 0 aromatic heterocycles. The fraction of sp³-hybridized carbons (Fsp3) is 1.00. The van der Waals surface area contributed by atoms with Gasteiger partial charge in [-0.1, -0.05) is 6.92 Å². The molecule has 96 valence electrons. The molecule has 3 nitrogen and oxygen atoms in total. The summed E-state index contributed by atoms with van der Waals surface area (Å²) in [6, 6.07) is 1.23. The Bertz CT molecular complexity index is 247. The van der Waals surface area contributed by atoms with Crippen LogP contribution in [0.1, 0.15) is 27.2 Å². The number of piperidine rings is 1. The van der Waals surface area contributed by atoms with Crippen LogP contribution in [-0.2, 0) is 10.8 Å². The number of likely N-dealkylation sites (tertiary alicyclic amines) is 1. The van der Waals surface area contributed by atoms with Crippen LogP contribution in [0.2, 0.25) is 0 Å². The summed E-state index contributed by atoms with van der Waals surface area (Å²) in [5.74, 6) is 0.679. The van der Waals surface area contributed by atoms with Crippen molar-refractivity contribution in [2.75, 3.05) is 26.4 Å². The van der Waals surface area contributed by atoms with Crippen molar-refractivity contribution in [3.8, 4) is 0 Å². The fourth-order valence-corrected chi connectivity index (χ4v) is 2.59. The minimum Gasteiger partial charge on any atom is -0.312 e. The van der Waals surface area contributed by atoms with Gasteiger partial charge in [-0.05, 0) is 33.2 Å². The van der Waals surface area contributed by atoms with Gasteiger partial charge in [0, 0.05) is 47.5 Å². The van der Waals surface area contributed by atoms with Crippen molar-refractivity contribution in [2.45, 2.75) is 44.5 Å². The SMILES string of the molecule is CC1CN(C)C(C)CC1NCC(C)S(C)=O. The van der Waals surface area contributed by atoms with E-state index in [0.29, 0.717) is 18.0 Å². The largest absolute Gasteiger partial charge is 0.312 e. The third-order valence-corrected chi connectivity index (χ3v) is 5.14. The molecule has 1 aliphatic heterocycles. The maximum Gasteiger partial charge on any atom is 0.0441 e. The molecule has 0 aromatic carbocycles. The van der Waals surface area contributed by atoms with Crippen LogP contribution in [0.25, 0.3) is 0 Å². The van der Waals surface area contributed by atoms with Gasteiger partial charge in [0.25, 0.3) is 0 Å². The number of nitrogens with one attached hydrogen (secondary N) is 1. The van der Waals surface area contributed by atoms with E-state index >= 15 is 0 Å². The Labute approximate surface area is 102 Å². The molecule has 4 heteroatoms. The Balaban J connectivity index is 2.39. The topological polar surface area (TPSA) is 32.3 Å². The zero-order chi connectivity index (χ0) is 12.3. The molecule has 1 fully saturated rings. The molecule has 0 aliphatic carbocycles. The molecule has 0 bridgehead atoms. The monoisotopic (exact) mass is 246 g/mol. The van der Waals surface area contributed by atoms with Crippen LogP contribution >= 0.6 is 0 Å². The molecular weight excluding hydrogens is 220 g/mol. The van der Waals surface area contributed by atoms with E-state index in [1.165, 1.54) is 6.42 Å². The lowest BCUT2D eigenvalue weighted by molar-refractivity contribution is 0.122. The van der Waals surface area contributed by atoms with Crippen molar-refractivity contribution in [3.05, 3.63) is 0 Å². The van der Waals surface area contributed by atoms with Crippen LogP contribution in [0.4, 0.5) is 0 Å². The van der Waals surface area contributed by atoms with Gasteiger partial charge >= 0.3 is 0 Å². The van der Waals surface area contributed by atoms with E-state index in [0.717, 1.165) is 13.1 Å². The lowest BCUT2D eigenvalue weighted by Gasteiger charge is -2.40. The number of hydrogen-bond acceptors (Lipinski definition) is 3. The zero-order valence-corrected chi connectivity index (χ0v) is 12.0. The highest BCUT2D eigenvalue weighted by atomic mass is 32.2. The molecule has 0 spiro atoms. The second-order valence-corrected chi connectivity index (χ2v) is 7.13. The van der Waals surface area contributed by atoms with Crippen LogP contribution in [0.15, 0.2) is 0 Å². The van der Waals surface area contributed by atoms with Gasteiger partial charge in [0.2, 0.25) is 0 Å². The van der Waals surface area contributed by atoms with Crippen molar-refractivity contribution in [1.82, 2.24) is 10.2 Å². The lowest BCUT2D eigenvalue weighted by atomic mass is 9.90. The standard InChI is InChI=1S/C12H26N2OS/c1-9-8-14(4)10(2)6-12(9)13-7-11(3)16(5)15/h9-13H,6-8H2,1-5H3. The predicted octanol–water partition coefficient (Wildman–Crippen LogP) is 1.07. The number of hydrogen-bond donors (Lipinski definition) is 1. The van der Waals surface area contributed by atoms with E-state index in [4.69, 9.17) is 0 Å². The molecule has 0 saturated carbocycles. The summed E-state index contributed by atoms with van der Waals surface area (Å²) in [5.41, 5.74) is 0. The minimum absolute atomic E-state index is 0.252. The highest BCUT2D eigenvalue weighted by Crippen LogP contribution is 2.20. The Kier molecular flexibility index (Phi) is 5.41. The highest BCUT2D eigenvalue weighted by Gasteiger charge is 2.28. The molecule has 5 atom stereocenters. The molecule has 0 aromatic rings. The van der Waals surface area contributed by atoms with E-state index in [1.807, 2.05) is 6.92 Å². The van der Waals surface area contributed by atoms with Crippen molar-refractivity contribution < 1.29 is 4.21 Å². The maximum absolute atomic E-state index is 11.3. The molecule has 16 heavy (non-hydrogen) atoms. The Morgan fingerprint density at radius 1 is 1.50 bits per heavy atom. The summed E-state index contributed by atoms with van der Waals surface area (Å²) in [7, 11) is 1.48.